The topological polar surface area (TPSA) is 0 Å². The molecule has 0 aromatic heterocycles. The molecule has 4 aromatic carbocycles. The highest BCUT2D eigenvalue weighted by molar-refractivity contribution is 5.62. The van der Waals surface area contributed by atoms with Crippen molar-refractivity contribution < 1.29 is 0 Å². The van der Waals surface area contributed by atoms with Crippen molar-refractivity contribution in [1.82, 2.24) is 0 Å². The summed E-state index contributed by atoms with van der Waals surface area (Å²) >= 11 is 0. The lowest BCUT2D eigenvalue weighted by molar-refractivity contribution is 0.870. The second-order valence-corrected chi connectivity index (χ2v) is 8.22. The Balaban J connectivity index is 1.63. The minimum absolute atomic E-state index is 0.0153. The van der Waals surface area contributed by atoms with Crippen LogP contribution < -0.4 is 0 Å². The van der Waals surface area contributed by atoms with Crippen LogP contribution in [0.4, 0.5) is 0 Å². The van der Waals surface area contributed by atoms with E-state index in [2.05, 4.69) is 121 Å². The van der Waals surface area contributed by atoms with E-state index in [1.54, 1.807) is 11.1 Å². The smallest absolute Gasteiger partial charge is 0.0452 e. The Morgan fingerprint density at radius 1 is 0.500 bits per heavy atom. The van der Waals surface area contributed by atoms with Crippen LogP contribution in [0.1, 0.15) is 28.7 Å². The lowest BCUT2D eigenvalue weighted by atomic mass is 9.85. The Hall–Kier alpha value is -3.38. The molecule has 0 heteroatoms. The quantitative estimate of drug-likeness (QED) is 0.308. The van der Waals surface area contributed by atoms with Gasteiger partial charge in [0.05, 0.1) is 0 Å². The van der Waals surface area contributed by atoms with Crippen LogP contribution in [0.2, 0.25) is 0 Å². The van der Waals surface area contributed by atoms with Gasteiger partial charge >= 0.3 is 0 Å². The standard InChI is InChI=1S/C30H26/c1-5-13-24(14-6-1)21-26(22-25-15-7-2-8-16-25)29-23-30(29,27-17-9-3-10-18-27)28-19-11-4-12-20-28/h1-20H,21-23H2. The molecule has 1 saturated carbocycles. The van der Waals surface area contributed by atoms with E-state index in [4.69, 9.17) is 0 Å². The summed E-state index contributed by atoms with van der Waals surface area (Å²) in [6.45, 7) is 0. The summed E-state index contributed by atoms with van der Waals surface area (Å²) in [4.78, 5) is 0. The van der Waals surface area contributed by atoms with Crippen LogP contribution in [-0.4, -0.2) is 0 Å². The number of hydrogen-bond acceptors (Lipinski definition) is 0. The average molecular weight is 387 g/mol. The Bertz CT molecular complexity index is 1040. The molecule has 0 amide bonds. The Labute approximate surface area is 179 Å². The van der Waals surface area contributed by atoms with Gasteiger partial charge in [-0.25, -0.2) is 0 Å². The zero-order chi connectivity index (χ0) is 20.2. The van der Waals surface area contributed by atoms with Gasteiger partial charge in [-0.1, -0.05) is 132 Å². The van der Waals surface area contributed by atoms with Crippen molar-refractivity contribution in [2.24, 2.45) is 0 Å². The maximum atomic E-state index is 2.29. The van der Waals surface area contributed by atoms with Gasteiger partial charge in [0.15, 0.2) is 0 Å². The number of hydrogen-bond donors (Lipinski definition) is 0. The van der Waals surface area contributed by atoms with Crippen molar-refractivity contribution in [2.75, 3.05) is 0 Å². The van der Waals surface area contributed by atoms with Gasteiger partial charge in [-0.2, -0.15) is 0 Å². The maximum absolute atomic E-state index is 2.29. The molecule has 0 spiro atoms. The summed E-state index contributed by atoms with van der Waals surface area (Å²) < 4.78 is 0. The first-order valence-electron chi connectivity index (χ1n) is 10.8. The largest absolute Gasteiger partial charge is 0.0622 e. The fourth-order valence-corrected chi connectivity index (χ4v) is 4.77. The van der Waals surface area contributed by atoms with Crippen LogP contribution in [0.3, 0.4) is 0 Å². The van der Waals surface area contributed by atoms with E-state index in [1.165, 1.54) is 22.3 Å². The summed E-state index contributed by atoms with van der Waals surface area (Å²) in [5.74, 6) is 0. The highest BCUT2D eigenvalue weighted by atomic mass is 14.5. The fraction of sp³-hybridized carbons (Fsp3) is 0.133. The normalized spacial score (nSPS) is 14.3. The van der Waals surface area contributed by atoms with Crippen molar-refractivity contribution in [3.8, 4) is 0 Å². The molecule has 146 valence electrons. The molecule has 1 aliphatic rings. The molecule has 0 bridgehead atoms. The summed E-state index contributed by atoms with van der Waals surface area (Å²) in [5.41, 5.74) is 8.75. The molecule has 4 aromatic rings. The molecular weight excluding hydrogens is 360 g/mol. The summed E-state index contributed by atoms with van der Waals surface area (Å²) in [5, 5.41) is 0. The van der Waals surface area contributed by atoms with E-state index in [9.17, 15) is 0 Å². The fourth-order valence-electron chi connectivity index (χ4n) is 4.77. The van der Waals surface area contributed by atoms with Crippen LogP contribution in [-0.2, 0) is 18.3 Å². The third kappa shape index (κ3) is 3.62. The van der Waals surface area contributed by atoms with E-state index >= 15 is 0 Å². The van der Waals surface area contributed by atoms with Crippen LogP contribution in [0, 0.1) is 0 Å². The SMILES string of the molecule is c1ccc(CC(Cc2ccccc2)=C2CC2(c2ccccc2)c2ccccc2)cc1. The molecule has 0 saturated heterocycles. The molecule has 30 heavy (non-hydrogen) atoms. The highest BCUT2D eigenvalue weighted by Gasteiger charge is 2.52. The van der Waals surface area contributed by atoms with Crippen molar-refractivity contribution in [3.05, 3.63) is 155 Å². The minimum Gasteiger partial charge on any atom is -0.0622 e. The molecule has 1 fully saturated rings. The molecule has 0 N–H and O–H groups in total. The Morgan fingerprint density at radius 2 is 0.867 bits per heavy atom. The summed E-state index contributed by atoms with van der Waals surface area (Å²) in [7, 11) is 0. The van der Waals surface area contributed by atoms with Crippen LogP contribution in [0.25, 0.3) is 0 Å². The molecule has 0 aliphatic heterocycles. The molecule has 0 radical (unpaired) electrons. The molecular formula is C30H26. The lowest BCUT2D eigenvalue weighted by Gasteiger charge is -2.18. The second kappa shape index (κ2) is 8.16. The predicted molar refractivity (Wildman–Crippen MR) is 126 cm³/mol. The van der Waals surface area contributed by atoms with Crippen molar-refractivity contribution in [1.29, 1.82) is 0 Å². The second-order valence-electron chi connectivity index (χ2n) is 8.22. The van der Waals surface area contributed by atoms with Gasteiger partial charge in [0, 0.05) is 5.41 Å². The average Bonchev–Trinajstić information content (AvgIpc) is 3.58. The van der Waals surface area contributed by atoms with Gasteiger partial charge in [0.25, 0.3) is 0 Å². The minimum atomic E-state index is 0.0153. The van der Waals surface area contributed by atoms with E-state index in [-0.39, 0.29) is 5.41 Å². The van der Waals surface area contributed by atoms with Crippen molar-refractivity contribution in [2.45, 2.75) is 24.7 Å². The number of rotatable bonds is 6. The summed E-state index contributed by atoms with van der Waals surface area (Å²) in [6.07, 6.45) is 3.12. The molecule has 0 atom stereocenters. The Kier molecular flexibility index (Phi) is 5.07. The summed E-state index contributed by atoms with van der Waals surface area (Å²) in [6, 6.07) is 43.9. The van der Waals surface area contributed by atoms with Gasteiger partial charge in [0.2, 0.25) is 0 Å². The molecule has 0 heterocycles. The van der Waals surface area contributed by atoms with Crippen LogP contribution in [0.15, 0.2) is 132 Å². The van der Waals surface area contributed by atoms with E-state index in [0.717, 1.165) is 19.3 Å². The van der Waals surface area contributed by atoms with Crippen molar-refractivity contribution in [3.63, 3.8) is 0 Å². The molecule has 0 nitrogen and oxygen atoms in total. The first-order chi connectivity index (χ1) is 14.9. The van der Waals surface area contributed by atoms with E-state index in [1.807, 2.05) is 0 Å². The number of benzene rings is 4. The maximum Gasteiger partial charge on any atom is 0.0452 e. The van der Waals surface area contributed by atoms with Gasteiger partial charge < -0.3 is 0 Å². The van der Waals surface area contributed by atoms with Gasteiger partial charge in [-0.15, -0.1) is 0 Å². The van der Waals surface area contributed by atoms with E-state index < -0.39 is 0 Å². The number of allylic oxidation sites excluding steroid dienone is 2. The predicted octanol–water partition coefficient (Wildman–Crippen LogP) is 7.16. The molecule has 1 aliphatic carbocycles. The third-order valence-corrected chi connectivity index (χ3v) is 6.31. The molecule has 0 unspecified atom stereocenters. The van der Waals surface area contributed by atoms with Crippen LogP contribution >= 0.6 is 0 Å². The van der Waals surface area contributed by atoms with E-state index in [0.29, 0.717) is 0 Å². The Morgan fingerprint density at radius 3 is 1.27 bits per heavy atom. The first kappa shape index (κ1) is 18.6. The van der Waals surface area contributed by atoms with Crippen LogP contribution in [0.5, 0.6) is 0 Å². The lowest BCUT2D eigenvalue weighted by Crippen LogP contribution is -2.10. The highest BCUT2D eigenvalue weighted by Crippen LogP contribution is 2.60. The van der Waals surface area contributed by atoms with Gasteiger partial charge in [-0.3, -0.25) is 0 Å². The third-order valence-electron chi connectivity index (χ3n) is 6.31. The van der Waals surface area contributed by atoms with Crippen molar-refractivity contribution >= 4 is 0 Å². The van der Waals surface area contributed by atoms with Gasteiger partial charge in [-0.05, 0) is 41.5 Å². The van der Waals surface area contributed by atoms with Gasteiger partial charge in [0.1, 0.15) is 0 Å². The zero-order valence-electron chi connectivity index (χ0n) is 17.2. The monoisotopic (exact) mass is 386 g/mol. The first-order valence-corrected chi connectivity index (χ1v) is 10.8. The molecule has 5 rings (SSSR count). The zero-order valence-corrected chi connectivity index (χ0v) is 17.2.